The minimum atomic E-state index is -0.144. The second-order valence-electron chi connectivity index (χ2n) is 7.73. The van der Waals surface area contributed by atoms with E-state index >= 15 is 0 Å². The van der Waals surface area contributed by atoms with Crippen molar-refractivity contribution < 1.29 is 4.39 Å². The fraction of sp³-hybridized carbons (Fsp3) is 0.700. The fourth-order valence-corrected chi connectivity index (χ4v) is 4.86. The van der Waals surface area contributed by atoms with E-state index in [0.29, 0.717) is 0 Å². The zero-order valence-electron chi connectivity index (χ0n) is 14.7. The molecular formula is C20H30FN3. The van der Waals surface area contributed by atoms with Crippen molar-refractivity contribution in [1.82, 2.24) is 9.80 Å². The Balaban J connectivity index is 1.31. The molecular weight excluding hydrogens is 301 g/mol. The first-order chi connectivity index (χ1) is 11.8. The second kappa shape index (κ2) is 7.40. The molecule has 0 amide bonds. The number of rotatable bonds is 3. The predicted molar refractivity (Wildman–Crippen MR) is 97.0 cm³/mol. The third-order valence-electron chi connectivity index (χ3n) is 6.26. The van der Waals surface area contributed by atoms with Gasteiger partial charge in [-0.05, 0) is 82.4 Å². The zero-order valence-corrected chi connectivity index (χ0v) is 14.7. The lowest BCUT2D eigenvalue weighted by molar-refractivity contribution is 0.0736. The molecule has 132 valence electrons. The van der Waals surface area contributed by atoms with E-state index in [-0.39, 0.29) is 5.82 Å². The van der Waals surface area contributed by atoms with Gasteiger partial charge < -0.3 is 4.90 Å². The van der Waals surface area contributed by atoms with Crippen molar-refractivity contribution in [2.45, 2.75) is 50.6 Å². The first-order valence-electron chi connectivity index (χ1n) is 9.78. The summed E-state index contributed by atoms with van der Waals surface area (Å²) >= 11 is 0. The number of anilines is 1. The van der Waals surface area contributed by atoms with E-state index in [1.807, 2.05) is 12.1 Å². The van der Waals surface area contributed by atoms with Crippen LogP contribution < -0.4 is 4.90 Å². The Kier molecular flexibility index (Phi) is 5.04. The summed E-state index contributed by atoms with van der Waals surface area (Å²) in [6.07, 6.45) is 8.03. The fourth-order valence-electron chi connectivity index (χ4n) is 4.86. The molecule has 1 atom stereocenters. The molecule has 0 radical (unpaired) electrons. The van der Waals surface area contributed by atoms with Gasteiger partial charge in [-0.2, -0.15) is 0 Å². The summed E-state index contributed by atoms with van der Waals surface area (Å²) in [5, 5.41) is 0. The van der Waals surface area contributed by atoms with Gasteiger partial charge in [-0.25, -0.2) is 4.39 Å². The molecule has 0 bridgehead atoms. The van der Waals surface area contributed by atoms with Gasteiger partial charge in [-0.1, -0.05) is 0 Å². The van der Waals surface area contributed by atoms with Crippen LogP contribution in [0, 0.1) is 5.82 Å². The summed E-state index contributed by atoms with van der Waals surface area (Å²) < 4.78 is 13.1. The van der Waals surface area contributed by atoms with E-state index < -0.39 is 0 Å². The molecule has 0 spiro atoms. The van der Waals surface area contributed by atoms with Gasteiger partial charge >= 0.3 is 0 Å². The summed E-state index contributed by atoms with van der Waals surface area (Å²) in [6.45, 7) is 7.40. The number of halogens is 1. The average Bonchev–Trinajstić information content (AvgIpc) is 3.17. The standard InChI is InChI=1S/C20H30FN3/c21-17-5-7-18(8-6-17)23-14-9-19(10-15-23)24-13-3-4-20(16-24)22-11-1-2-12-22/h5-8,19-20H,1-4,9-16H2. The zero-order chi connectivity index (χ0) is 16.4. The van der Waals surface area contributed by atoms with Crippen molar-refractivity contribution in [3.05, 3.63) is 30.1 Å². The molecule has 1 aromatic carbocycles. The van der Waals surface area contributed by atoms with E-state index in [9.17, 15) is 4.39 Å². The van der Waals surface area contributed by atoms with Gasteiger partial charge in [-0.3, -0.25) is 9.80 Å². The number of nitrogens with zero attached hydrogens (tertiary/aromatic N) is 3. The maximum absolute atomic E-state index is 13.1. The van der Waals surface area contributed by atoms with Crippen LogP contribution in [0.1, 0.15) is 38.5 Å². The number of hydrogen-bond donors (Lipinski definition) is 0. The van der Waals surface area contributed by atoms with Crippen LogP contribution in [0.3, 0.4) is 0 Å². The van der Waals surface area contributed by atoms with Crippen LogP contribution in [0.5, 0.6) is 0 Å². The van der Waals surface area contributed by atoms with Crippen molar-refractivity contribution in [3.63, 3.8) is 0 Å². The second-order valence-corrected chi connectivity index (χ2v) is 7.73. The molecule has 3 aliphatic rings. The van der Waals surface area contributed by atoms with Crippen LogP contribution in [0.25, 0.3) is 0 Å². The molecule has 3 saturated heterocycles. The Hall–Kier alpha value is -1.13. The third-order valence-corrected chi connectivity index (χ3v) is 6.26. The molecule has 0 saturated carbocycles. The molecule has 3 nitrogen and oxygen atoms in total. The van der Waals surface area contributed by atoms with Gasteiger partial charge in [0.05, 0.1) is 0 Å². The molecule has 3 aliphatic heterocycles. The minimum Gasteiger partial charge on any atom is -0.371 e. The first kappa shape index (κ1) is 16.3. The van der Waals surface area contributed by atoms with Gasteiger partial charge in [0, 0.05) is 37.4 Å². The highest BCUT2D eigenvalue weighted by Crippen LogP contribution is 2.27. The SMILES string of the molecule is Fc1ccc(N2CCC(N3CCCC(N4CCCC4)C3)CC2)cc1. The molecule has 24 heavy (non-hydrogen) atoms. The highest BCUT2D eigenvalue weighted by atomic mass is 19.1. The van der Waals surface area contributed by atoms with Gasteiger partial charge in [-0.15, -0.1) is 0 Å². The Morgan fingerprint density at radius 2 is 1.38 bits per heavy atom. The molecule has 1 aromatic rings. The number of benzene rings is 1. The van der Waals surface area contributed by atoms with Gasteiger partial charge in [0.25, 0.3) is 0 Å². The van der Waals surface area contributed by atoms with Crippen molar-refractivity contribution in [2.24, 2.45) is 0 Å². The van der Waals surface area contributed by atoms with Crippen LogP contribution in [0.4, 0.5) is 10.1 Å². The van der Waals surface area contributed by atoms with Crippen LogP contribution in [-0.2, 0) is 0 Å². The Morgan fingerprint density at radius 3 is 2.08 bits per heavy atom. The van der Waals surface area contributed by atoms with Gasteiger partial charge in [0.2, 0.25) is 0 Å². The quantitative estimate of drug-likeness (QED) is 0.841. The molecule has 3 heterocycles. The molecule has 0 aliphatic carbocycles. The molecule has 4 rings (SSSR count). The highest BCUT2D eigenvalue weighted by Gasteiger charge is 2.32. The van der Waals surface area contributed by atoms with Crippen LogP contribution >= 0.6 is 0 Å². The molecule has 1 unspecified atom stereocenters. The first-order valence-corrected chi connectivity index (χ1v) is 9.78. The Bertz CT molecular complexity index is 518. The molecule has 4 heteroatoms. The highest BCUT2D eigenvalue weighted by molar-refractivity contribution is 5.46. The summed E-state index contributed by atoms with van der Waals surface area (Å²) in [5.74, 6) is -0.144. The monoisotopic (exact) mass is 331 g/mol. The van der Waals surface area contributed by atoms with Gasteiger partial charge in [0.15, 0.2) is 0 Å². The van der Waals surface area contributed by atoms with Crippen molar-refractivity contribution in [2.75, 3.05) is 44.2 Å². The van der Waals surface area contributed by atoms with E-state index in [2.05, 4.69) is 14.7 Å². The molecule has 0 N–H and O–H groups in total. The average molecular weight is 331 g/mol. The maximum Gasteiger partial charge on any atom is 0.123 e. The van der Waals surface area contributed by atoms with E-state index in [4.69, 9.17) is 0 Å². The summed E-state index contributed by atoms with van der Waals surface area (Å²) in [6, 6.07) is 8.53. The summed E-state index contributed by atoms with van der Waals surface area (Å²) in [5.41, 5.74) is 1.17. The summed E-state index contributed by atoms with van der Waals surface area (Å²) in [7, 11) is 0. The van der Waals surface area contributed by atoms with E-state index in [1.165, 1.54) is 70.4 Å². The van der Waals surface area contributed by atoms with Crippen LogP contribution in [0.15, 0.2) is 24.3 Å². The predicted octanol–water partition coefficient (Wildman–Crippen LogP) is 3.35. The van der Waals surface area contributed by atoms with Crippen LogP contribution in [0.2, 0.25) is 0 Å². The van der Waals surface area contributed by atoms with Crippen LogP contribution in [-0.4, -0.2) is 61.2 Å². The number of hydrogen-bond acceptors (Lipinski definition) is 3. The lowest BCUT2D eigenvalue weighted by Gasteiger charge is -2.44. The number of likely N-dealkylation sites (tertiary alicyclic amines) is 2. The lowest BCUT2D eigenvalue weighted by Crippen LogP contribution is -2.53. The van der Waals surface area contributed by atoms with Crippen molar-refractivity contribution >= 4 is 5.69 Å². The smallest absolute Gasteiger partial charge is 0.123 e. The Morgan fingerprint density at radius 1 is 0.708 bits per heavy atom. The molecule has 3 fully saturated rings. The number of piperidine rings is 2. The van der Waals surface area contributed by atoms with Crippen molar-refractivity contribution in [3.8, 4) is 0 Å². The topological polar surface area (TPSA) is 9.72 Å². The lowest BCUT2D eigenvalue weighted by atomic mass is 9.97. The Labute approximate surface area is 145 Å². The van der Waals surface area contributed by atoms with E-state index in [0.717, 1.165) is 25.2 Å². The normalized spacial score (nSPS) is 27.7. The third kappa shape index (κ3) is 3.60. The molecule has 0 aromatic heterocycles. The van der Waals surface area contributed by atoms with E-state index in [1.54, 1.807) is 12.1 Å². The largest absolute Gasteiger partial charge is 0.371 e. The maximum atomic E-state index is 13.1. The summed E-state index contributed by atoms with van der Waals surface area (Å²) in [4.78, 5) is 7.92. The van der Waals surface area contributed by atoms with Crippen molar-refractivity contribution in [1.29, 1.82) is 0 Å². The minimum absolute atomic E-state index is 0.144. The van der Waals surface area contributed by atoms with Gasteiger partial charge in [0.1, 0.15) is 5.82 Å².